The lowest BCUT2D eigenvalue weighted by molar-refractivity contribution is -0.185. The van der Waals surface area contributed by atoms with Crippen LogP contribution in [-0.2, 0) is 19.1 Å². The molecule has 1 heterocycles. The van der Waals surface area contributed by atoms with Crippen LogP contribution in [0.2, 0.25) is 0 Å². The third kappa shape index (κ3) is 3.81. The van der Waals surface area contributed by atoms with E-state index in [2.05, 4.69) is 0 Å². The van der Waals surface area contributed by atoms with Crippen LogP contribution < -0.4 is 5.73 Å². The van der Waals surface area contributed by atoms with Gasteiger partial charge in [0.15, 0.2) is 0 Å². The first-order valence-electron chi connectivity index (χ1n) is 7.00. The second-order valence-electron chi connectivity index (χ2n) is 5.23. The fourth-order valence-electron chi connectivity index (χ4n) is 2.12. The molecule has 3 N–H and O–H groups in total. The summed E-state index contributed by atoms with van der Waals surface area (Å²) in [7, 11) is 0. The monoisotopic (exact) mass is 298 g/mol. The van der Waals surface area contributed by atoms with Crippen LogP contribution in [0.3, 0.4) is 0 Å². The summed E-state index contributed by atoms with van der Waals surface area (Å²) in [6.07, 6.45) is 1.77. The number of carboxylic acids is 1. The van der Waals surface area contributed by atoms with Crippen molar-refractivity contribution in [3.63, 3.8) is 0 Å². The summed E-state index contributed by atoms with van der Waals surface area (Å²) in [6, 6.07) is -1.01. The fraction of sp³-hybridized carbons (Fsp3) is 0.643. The molecule has 0 saturated carbocycles. The van der Waals surface area contributed by atoms with E-state index in [4.69, 9.17) is 10.5 Å². The number of β-lactam (4-membered cyclic amide) rings is 1. The summed E-state index contributed by atoms with van der Waals surface area (Å²) in [4.78, 5) is 35.7. The van der Waals surface area contributed by atoms with Crippen LogP contribution >= 0.6 is 0 Å². The average Bonchev–Trinajstić information content (AvgIpc) is 2.41. The molecular weight excluding hydrogens is 276 g/mol. The van der Waals surface area contributed by atoms with E-state index in [1.54, 1.807) is 13.8 Å². The maximum atomic E-state index is 11.8. The van der Waals surface area contributed by atoms with Gasteiger partial charge in [-0.3, -0.25) is 14.5 Å². The van der Waals surface area contributed by atoms with Gasteiger partial charge in [-0.25, -0.2) is 4.79 Å². The van der Waals surface area contributed by atoms with Crippen molar-refractivity contribution in [3.05, 3.63) is 11.3 Å². The number of allylic oxidation sites excluding steroid dienone is 1. The minimum Gasteiger partial charge on any atom is -0.477 e. The summed E-state index contributed by atoms with van der Waals surface area (Å²) in [5.41, 5.74) is 5.87. The molecule has 1 fully saturated rings. The highest BCUT2D eigenvalue weighted by Crippen LogP contribution is 2.27. The van der Waals surface area contributed by atoms with Gasteiger partial charge in [0.25, 0.3) is 5.91 Å². The van der Waals surface area contributed by atoms with Gasteiger partial charge in [-0.2, -0.15) is 0 Å². The predicted octanol–water partition coefficient (Wildman–Crippen LogP) is 0.984. The Balaban J connectivity index is 2.77. The Hall–Kier alpha value is -1.89. The first-order valence-corrected chi connectivity index (χ1v) is 7.00. The van der Waals surface area contributed by atoms with Gasteiger partial charge in [-0.05, 0) is 25.8 Å². The van der Waals surface area contributed by atoms with E-state index in [1.165, 1.54) is 0 Å². The van der Waals surface area contributed by atoms with E-state index < -0.39 is 30.1 Å². The molecule has 7 nitrogen and oxygen atoms in total. The molecule has 1 aliphatic rings. The molecule has 1 rings (SSSR count). The number of carbonyl (C=O) groups excluding carboxylic acids is 2. The number of carboxylic acid groups (broad SMARTS) is 1. The van der Waals surface area contributed by atoms with Crippen molar-refractivity contribution in [2.75, 3.05) is 0 Å². The highest BCUT2D eigenvalue weighted by Gasteiger charge is 2.51. The summed E-state index contributed by atoms with van der Waals surface area (Å²) < 4.78 is 5.15. The first-order chi connectivity index (χ1) is 9.81. The second kappa shape index (κ2) is 7.21. The van der Waals surface area contributed by atoms with Crippen LogP contribution in [0.4, 0.5) is 0 Å². The smallest absolute Gasteiger partial charge is 0.352 e. The zero-order valence-corrected chi connectivity index (χ0v) is 12.6. The van der Waals surface area contributed by atoms with Gasteiger partial charge in [-0.15, -0.1) is 0 Å². The zero-order valence-electron chi connectivity index (χ0n) is 12.6. The van der Waals surface area contributed by atoms with Crippen molar-refractivity contribution in [2.45, 2.75) is 58.7 Å². The SMILES string of the molecule is CCCCCC(=O)O[C@@H]1[C@H](N)C(=O)N1C(C(=O)O)=C(C)C. The molecule has 7 heteroatoms. The van der Waals surface area contributed by atoms with E-state index in [0.29, 0.717) is 12.0 Å². The van der Waals surface area contributed by atoms with Crippen LogP contribution in [0.1, 0.15) is 46.5 Å². The molecule has 21 heavy (non-hydrogen) atoms. The number of ether oxygens (including phenoxy) is 1. The number of nitrogens with two attached hydrogens (primary N) is 1. The third-order valence-electron chi connectivity index (χ3n) is 3.24. The van der Waals surface area contributed by atoms with Crippen LogP contribution in [0.25, 0.3) is 0 Å². The van der Waals surface area contributed by atoms with Crippen molar-refractivity contribution in [1.29, 1.82) is 0 Å². The first kappa shape index (κ1) is 17.2. The molecule has 0 aliphatic carbocycles. The molecule has 0 bridgehead atoms. The molecule has 0 spiro atoms. The third-order valence-corrected chi connectivity index (χ3v) is 3.24. The van der Waals surface area contributed by atoms with Crippen LogP contribution in [0.5, 0.6) is 0 Å². The quantitative estimate of drug-likeness (QED) is 0.314. The minimum absolute atomic E-state index is 0.187. The number of hydrogen-bond acceptors (Lipinski definition) is 5. The van der Waals surface area contributed by atoms with E-state index in [0.717, 1.165) is 17.7 Å². The number of nitrogens with zero attached hydrogens (tertiary/aromatic N) is 1. The molecule has 1 saturated heterocycles. The molecule has 0 radical (unpaired) electrons. The molecule has 0 unspecified atom stereocenters. The minimum atomic E-state index is -1.25. The lowest BCUT2D eigenvalue weighted by Gasteiger charge is -2.44. The average molecular weight is 298 g/mol. The Morgan fingerprint density at radius 1 is 1.33 bits per heavy atom. The second-order valence-corrected chi connectivity index (χ2v) is 5.23. The Bertz CT molecular complexity index is 468. The molecule has 0 aromatic carbocycles. The van der Waals surface area contributed by atoms with E-state index in [1.807, 2.05) is 6.92 Å². The highest BCUT2D eigenvalue weighted by molar-refractivity contribution is 5.99. The number of unbranched alkanes of at least 4 members (excludes halogenated alkanes) is 2. The van der Waals surface area contributed by atoms with E-state index in [-0.39, 0.29) is 12.1 Å². The van der Waals surface area contributed by atoms with Gasteiger partial charge in [0.2, 0.25) is 6.23 Å². The number of rotatable bonds is 7. The molecule has 118 valence electrons. The number of aliphatic carboxylic acids is 1. The molecule has 2 atom stereocenters. The number of hydrogen-bond donors (Lipinski definition) is 2. The lowest BCUT2D eigenvalue weighted by atomic mass is 10.0. The van der Waals surface area contributed by atoms with Crippen molar-refractivity contribution in [3.8, 4) is 0 Å². The highest BCUT2D eigenvalue weighted by atomic mass is 16.6. The Labute approximate surface area is 123 Å². The van der Waals surface area contributed by atoms with Gasteiger partial charge >= 0.3 is 11.9 Å². The fourth-order valence-corrected chi connectivity index (χ4v) is 2.12. The van der Waals surface area contributed by atoms with Crippen LogP contribution in [0.15, 0.2) is 11.3 Å². The summed E-state index contributed by atoms with van der Waals surface area (Å²) >= 11 is 0. The van der Waals surface area contributed by atoms with E-state index >= 15 is 0 Å². The molecular formula is C14H22N2O5. The number of carbonyl (C=O) groups is 3. The van der Waals surface area contributed by atoms with Crippen molar-refractivity contribution >= 4 is 17.8 Å². The molecule has 0 aromatic heterocycles. The van der Waals surface area contributed by atoms with Crippen molar-refractivity contribution < 1.29 is 24.2 Å². The number of esters is 1. The maximum Gasteiger partial charge on any atom is 0.352 e. The number of amides is 1. The largest absolute Gasteiger partial charge is 0.477 e. The van der Waals surface area contributed by atoms with Crippen molar-refractivity contribution in [1.82, 2.24) is 4.90 Å². The standard InChI is InChI=1S/C14H22N2O5/c1-4-5-6-7-9(17)21-13-10(15)12(18)16(13)11(8(2)3)14(19)20/h10,13H,4-7,15H2,1-3H3,(H,19,20)/t10-,13-/m1/s1. The van der Waals surface area contributed by atoms with Gasteiger partial charge in [0, 0.05) is 6.42 Å². The summed E-state index contributed by atoms with van der Waals surface area (Å²) in [6.45, 7) is 5.16. The zero-order chi connectivity index (χ0) is 16.2. The molecule has 0 aromatic rings. The summed E-state index contributed by atoms with van der Waals surface area (Å²) in [5.74, 6) is -2.28. The van der Waals surface area contributed by atoms with Crippen LogP contribution in [0, 0.1) is 0 Å². The van der Waals surface area contributed by atoms with Gasteiger partial charge in [-0.1, -0.05) is 19.8 Å². The van der Waals surface area contributed by atoms with Gasteiger partial charge in [0.1, 0.15) is 11.7 Å². The summed E-state index contributed by atoms with van der Waals surface area (Å²) in [5, 5.41) is 9.18. The van der Waals surface area contributed by atoms with Crippen LogP contribution in [-0.4, -0.2) is 40.1 Å². The van der Waals surface area contributed by atoms with Gasteiger partial charge < -0.3 is 15.6 Å². The molecule has 1 amide bonds. The maximum absolute atomic E-state index is 11.8. The van der Waals surface area contributed by atoms with E-state index in [9.17, 15) is 19.5 Å². The van der Waals surface area contributed by atoms with Crippen molar-refractivity contribution in [2.24, 2.45) is 5.73 Å². The molecule has 1 aliphatic heterocycles. The Morgan fingerprint density at radius 2 is 1.95 bits per heavy atom. The predicted molar refractivity (Wildman–Crippen MR) is 74.9 cm³/mol. The lowest BCUT2D eigenvalue weighted by Crippen LogP contribution is -2.70. The Morgan fingerprint density at radius 3 is 2.43 bits per heavy atom. The Kier molecular flexibility index (Phi) is 5.90. The normalized spacial score (nSPS) is 20.8. The number of likely N-dealkylation sites (tertiary alicyclic amines) is 1. The van der Waals surface area contributed by atoms with Gasteiger partial charge in [0.05, 0.1) is 0 Å². The topological polar surface area (TPSA) is 110 Å².